The third-order valence-corrected chi connectivity index (χ3v) is 6.24. The van der Waals surface area contributed by atoms with Crippen molar-refractivity contribution in [3.8, 4) is 34.2 Å². The first-order valence-corrected chi connectivity index (χ1v) is 11.5. The van der Waals surface area contributed by atoms with Gasteiger partial charge in [0.15, 0.2) is 0 Å². The fourth-order valence-corrected chi connectivity index (χ4v) is 4.31. The van der Waals surface area contributed by atoms with Gasteiger partial charge < -0.3 is 19.4 Å². The summed E-state index contributed by atoms with van der Waals surface area (Å²) in [5.41, 5.74) is -2.30. The van der Waals surface area contributed by atoms with Crippen LogP contribution in [0.2, 0.25) is 10.0 Å². The maximum Gasteiger partial charge on any atom is 0.416 e. The first-order valence-electron chi connectivity index (χ1n) is 10.7. The first-order chi connectivity index (χ1) is 17.9. The lowest BCUT2D eigenvalue weighted by Gasteiger charge is -2.19. The van der Waals surface area contributed by atoms with Crippen LogP contribution in [0.4, 0.5) is 13.2 Å². The van der Waals surface area contributed by atoms with E-state index in [1.54, 1.807) is 6.07 Å². The van der Waals surface area contributed by atoms with E-state index in [1.165, 1.54) is 48.7 Å². The van der Waals surface area contributed by atoms with E-state index in [9.17, 15) is 33.1 Å². The van der Waals surface area contributed by atoms with Gasteiger partial charge in [-0.05, 0) is 42.5 Å². The summed E-state index contributed by atoms with van der Waals surface area (Å²) in [4.78, 5) is 29.1. The molecule has 2 aromatic heterocycles. The summed E-state index contributed by atoms with van der Waals surface area (Å²) in [5.74, 6) is -0.740. The van der Waals surface area contributed by atoms with Crippen LogP contribution in [0.15, 0.2) is 64.2 Å². The number of benzene rings is 2. The van der Waals surface area contributed by atoms with Gasteiger partial charge >= 0.3 is 6.18 Å². The van der Waals surface area contributed by atoms with Gasteiger partial charge in [0.25, 0.3) is 11.5 Å². The number of aromatic amines is 1. The van der Waals surface area contributed by atoms with Crippen LogP contribution in [-0.4, -0.2) is 27.9 Å². The average Bonchev–Trinajstić information content (AvgIpc) is 3.39. The van der Waals surface area contributed by atoms with Gasteiger partial charge in [0.2, 0.25) is 0 Å². The van der Waals surface area contributed by atoms with Crippen molar-refractivity contribution in [1.29, 1.82) is 5.26 Å². The van der Waals surface area contributed by atoms with Crippen molar-refractivity contribution >= 4 is 29.1 Å². The molecule has 1 amide bonds. The molecule has 0 fully saturated rings. The van der Waals surface area contributed by atoms with E-state index < -0.39 is 28.8 Å². The van der Waals surface area contributed by atoms with Crippen LogP contribution in [-0.2, 0) is 12.7 Å². The fraction of sp³-hybridized carbons (Fsp3) is 0.115. The number of phenols is 1. The summed E-state index contributed by atoms with van der Waals surface area (Å²) in [6, 6.07) is 9.68. The van der Waals surface area contributed by atoms with Gasteiger partial charge in [-0.2, -0.15) is 18.4 Å². The number of hydrogen-bond acceptors (Lipinski definition) is 5. The highest BCUT2D eigenvalue weighted by molar-refractivity contribution is 6.33. The zero-order chi connectivity index (χ0) is 27.8. The number of phenolic OH excluding ortho intramolecular Hbond substituents is 1. The Labute approximate surface area is 223 Å². The normalized spacial score (nSPS) is 11.3. The molecule has 0 unspecified atom stereocenters. The molecule has 0 atom stereocenters. The van der Waals surface area contributed by atoms with Gasteiger partial charge in [-0.3, -0.25) is 9.59 Å². The zero-order valence-electron chi connectivity index (χ0n) is 19.4. The van der Waals surface area contributed by atoms with E-state index in [4.69, 9.17) is 27.6 Å². The molecule has 4 rings (SSSR count). The number of aromatic hydroxyl groups is 1. The minimum absolute atomic E-state index is 0.0163. The number of H-pyrrole nitrogens is 1. The van der Waals surface area contributed by atoms with Gasteiger partial charge in [-0.1, -0.05) is 23.2 Å². The highest BCUT2D eigenvalue weighted by Crippen LogP contribution is 2.40. The molecule has 4 aromatic rings. The molecule has 0 spiro atoms. The van der Waals surface area contributed by atoms with Crippen LogP contribution < -0.4 is 5.56 Å². The van der Waals surface area contributed by atoms with E-state index in [0.29, 0.717) is 0 Å². The first kappa shape index (κ1) is 26.9. The number of carbonyl (C=O) groups excluding carboxylic acids is 1. The predicted octanol–water partition coefficient (Wildman–Crippen LogP) is 6.48. The van der Waals surface area contributed by atoms with Crippen molar-refractivity contribution in [2.45, 2.75) is 12.7 Å². The Kier molecular flexibility index (Phi) is 7.26. The van der Waals surface area contributed by atoms with Crippen molar-refractivity contribution in [1.82, 2.24) is 9.88 Å². The Morgan fingerprint density at radius 1 is 1.13 bits per heavy atom. The molecule has 38 heavy (non-hydrogen) atoms. The second-order valence-electron chi connectivity index (χ2n) is 8.24. The molecule has 2 N–H and O–H groups in total. The second-order valence-corrected chi connectivity index (χ2v) is 9.08. The molecule has 0 bridgehead atoms. The van der Waals surface area contributed by atoms with E-state index in [-0.39, 0.29) is 55.9 Å². The van der Waals surface area contributed by atoms with Gasteiger partial charge in [-0.15, -0.1) is 0 Å². The standard InChI is InChI=1S/C26H16Cl2F3N3O4/c1-34(25(37)13-4-5-38-12-13)11-14-6-16(27)8-19(23(14)35)22-9-17(20(10-32)24(36)33-22)18-7-15(26(29,30)31)2-3-21(18)28/h2-9,12,35H,11H2,1H3,(H,33,36). The number of rotatable bonds is 5. The zero-order valence-corrected chi connectivity index (χ0v) is 20.9. The van der Waals surface area contributed by atoms with Crippen LogP contribution in [0, 0.1) is 11.3 Å². The number of nitriles is 1. The third kappa shape index (κ3) is 5.25. The van der Waals surface area contributed by atoms with Crippen LogP contribution in [0.3, 0.4) is 0 Å². The summed E-state index contributed by atoms with van der Waals surface area (Å²) in [6.07, 6.45) is -2.09. The van der Waals surface area contributed by atoms with Crippen molar-refractivity contribution in [3.05, 3.63) is 97.6 Å². The van der Waals surface area contributed by atoms with Crippen LogP contribution in [0.25, 0.3) is 22.4 Å². The number of hydrogen-bond donors (Lipinski definition) is 2. The summed E-state index contributed by atoms with van der Waals surface area (Å²) >= 11 is 12.4. The molecule has 12 heteroatoms. The minimum atomic E-state index is -4.70. The summed E-state index contributed by atoms with van der Waals surface area (Å²) in [6.45, 7) is -0.0871. The number of nitrogens with one attached hydrogen (secondary N) is 1. The molecule has 2 aromatic carbocycles. The van der Waals surface area contributed by atoms with Crippen LogP contribution >= 0.6 is 23.2 Å². The van der Waals surface area contributed by atoms with Crippen molar-refractivity contribution in [3.63, 3.8) is 0 Å². The Balaban J connectivity index is 1.84. The lowest BCUT2D eigenvalue weighted by molar-refractivity contribution is -0.137. The molecule has 7 nitrogen and oxygen atoms in total. The topological polar surface area (TPSA) is 110 Å². The van der Waals surface area contributed by atoms with Gasteiger partial charge in [0.1, 0.15) is 23.6 Å². The summed E-state index contributed by atoms with van der Waals surface area (Å²) in [5, 5.41) is 20.6. The van der Waals surface area contributed by atoms with Gasteiger partial charge in [-0.25, -0.2) is 0 Å². The number of furan rings is 1. The van der Waals surface area contributed by atoms with E-state index >= 15 is 0 Å². The van der Waals surface area contributed by atoms with Crippen LogP contribution in [0.1, 0.15) is 27.0 Å². The minimum Gasteiger partial charge on any atom is -0.507 e. The number of amides is 1. The Morgan fingerprint density at radius 2 is 1.87 bits per heavy atom. The van der Waals surface area contributed by atoms with Crippen LogP contribution in [0.5, 0.6) is 5.75 Å². The predicted molar refractivity (Wildman–Crippen MR) is 134 cm³/mol. The summed E-state index contributed by atoms with van der Waals surface area (Å²) < 4.78 is 45.0. The van der Waals surface area contributed by atoms with Crippen molar-refractivity contribution in [2.75, 3.05) is 7.05 Å². The molecule has 0 saturated carbocycles. The number of aromatic nitrogens is 1. The lowest BCUT2D eigenvalue weighted by Crippen LogP contribution is -2.25. The molecule has 0 radical (unpaired) electrons. The Hall–Kier alpha value is -4.20. The van der Waals surface area contributed by atoms with Crippen molar-refractivity contribution in [2.24, 2.45) is 0 Å². The number of nitrogens with zero attached hydrogens (tertiary/aromatic N) is 2. The highest BCUT2D eigenvalue weighted by atomic mass is 35.5. The largest absolute Gasteiger partial charge is 0.507 e. The lowest BCUT2D eigenvalue weighted by atomic mass is 9.96. The third-order valence-electron chi connectivity index (χ3n) is 5.70. The summed E-state index contributed by atoms with van der Waals surface area (Å²) in [7, 11) is 1.49. The molecule has 0 aliphatic heterocycles. The van der Waals surface area contributed by atoms with Crippen molar-refractivity contribution < 1.29 is 27.5 Å². The highest BCUT2D eigenvalue weighted by Gasteiger charge is 2.31. The maximum absolute atomic E-state index is 13.4. The molecule has 0 saturated heterocycles. The SMILES string of the molecule is CN(Cc1cc(Cl)cc(-c2cc(-c3cc(C(F)(F)F)ccc3Cl)c(C#N)c(=O)[nH]2)c1O)C(=O)c1ccoc1. The Bertz CT molecular complexity index is 1640. The quantitative estimate of drug-likeness (QED) is 0.290. The smallest absolute Gasteiger partial charge is 0.416 e. The molecule has 194 valence electrons. The van der Waals surface area contributed by atoms with E-state index in [1.807, 2.05) is 0 Å². The van der Waals surface area contributed by atoms with Gasteiger partial charge in [0, 0.05) is 45.9 Å². The molecule has 0 aliphatic carbocycles. The Morgan fingerprint density at radius 3 is 2.50 bits per heavy atom. The number of halogens is 5. The molecular weight excluding hydrogens is 546 g/mol. The molecule has 0 aliphatic rings. The van der Waals surface area contributed by atoms with E-state index in [0.717, 1.165) is 18.2 Å². The number of pyridine rings is 1. The molecular formula is C26H16Cl2F3N3O4. The monoisotopic (exact) mass is 561 g/mol. The molecule has 2 heterocycles. The fourth-order valence-electron chi connectivity index (χ4n) is 3.85. The van der Waals surface area contributed by atoms with E-state index in [2.05, 4.69) is 4.98 Å². The average molecular weight is 562 g/mol. The maximum atomic E-state index is 13.4. The number of alkyl halides is 3. The van der Waals surface area contributed by atoms with Gasteiger partial charge in [0.05, 0.1) is 23.1 Å². The number of carbonyl (C=O) groups is 1. The second kappa shape index (κ2) is 10.3.